The highest BCUT2D eigenvalue weighted by molar-refractivity contribution is 5.66. The number of nitrogens with zero attached hydrogens (tertiary/aromatic N) is 4. The summed E-state index contributed by atoms with van der Waals surface area (Å²) in [5, 5.41) is 7.49. The molecule has 20 heavy (non-hydrogen) atoms. The molecule has 0 fully saturated rings. The first-order valence-corrected chi connectivity index (χ1v) is 6.66. The van der Waals surface area contributed by atoms with Crippen molar-refractivity contribution in [1.29, 1.82) is 0 Å². The van der Waals surface area contributed by atoms with E-state index in [4.69, 9.17) is 10.5 Å². The summed E-state index contributed by atoms with van der Waals surface area (Å²) < 4.78 is 7.25. The molecule has 0 bridgehead atoms. The van der Waals surface area contributed by atoms with E-state index in [1.54, 1.807) is 4.68 Å². The summed E-state index contributed by atoms with van der Waals surface area (Å²) in [5.74, 6) is 1.03. The molecule has 2 aromatic heterocycles. The van der Waals surface area contributed by atoms with Crippen molar-refractivity contribution in [2.45, 2.75) is 19.8 Å². The first kappa shape index (κ1) is 14.1. The Morgan fingerprint density at radius 3 is 2.95 bits per heavy atom. The van der Waals surface area contributed by atoms with Crippen molar-refractivity contribution in [3.05, 3.63) is 24.3 Å². The van der Waals surface area contributed by atoms with Gasteiger partial charge in [-0.05, 0) is 12.5 Å². The van der Waals surface area contributed by atoms with Gasteiger partial charge < -0.3 is 15.8 Å². The summed E-state index contributed by atoms with van der Waals surface area (Å²) in [6.45, 7) is 3.32. The molecule has 0 aliphatic rings. The van der Waals surface area contributed by atoms with Crippen LogP contribution in [-0.2, 0) is 13.5 Å². The smallest absolute Gasteiger partial charge is 0.242 e. The lowest BCUT2D eigenvalue weighted by Gasteiger charge is -2.11. The lowest BCUT2D eigenvalue weighted by molar-refractivity contribution is 0.306. The van der Waals surface area contributed by atoms with E-state index in [-0.39, 0.29) is 0 Å². The fraction of sp³-hybridized carbons (Fsp3) is 0.462. The predicted octanol–water partition coefficient (Wildman–Crippen LogP) is 1.24. The van der Waals surface area contributed by atoms with Gasteiger partial charge in [-0.25, -0.2) is 4.98 Å². The van der Waals surface area contributed by atoms with Gasteiger partial charge in [-0.3, -0.25) is 4.68 Å². The van der Waals surface area contributed by atoms with Crippen molar-refractivity contribution in [2.24, 2.45) is 7.05 Å². The van der Waals surface area contributed by atoms with Crippen molar-refractivity contribution >= 4 is 11.5 Å². The summed E-state index contributed by atoms with van der Waals surface area (Å²) in [7, 11) is 1.90. The van der Waals surface area contributed by atoms with E-state index < -0.39 is 0 Å². The second-order valence-electron chi connectivity index (χ2n) is 4.45. The first-order chi connectivity index (χ1) is 9.70. The molecule has 0 aromatic carbocycles. The molecule has 0 unspecified atom stereocenters. The Labute approximate surface area is 118 Å². The van der Waals surface area contributed by atoms with Gasteiger partial charge in [-0.15, -0.1) is 0 Å². The van der Waals surface area contributed by atoms with Crippen molar-refractivity contribution in [2.75, 3.05) is 24.2 Å². The van der Waals surface area contributed by atoms with Gasteiger partial charge in [0, 0.05) is 26.2 Å². The molecule has 0 amide bonds. The van der Waals surface area contributed by atoms with E-state index in [2.05, 4.69) is 20.4 Å². The molecule has 0 saturated heterocycles. The van der Waals surface area contributed by atoms with Crippen LogP contribution in [0.1, 0.15) is 19.0 Å². The largest absolute Gasteiger partial charge is 0.476 e. The van der Waals surface area contributed by atoms with Gasteiger partial charge in [0.1, 0.15) is 12.0 Å². The van der Waals surface area contributed by atoms with E-state index in [1.165, 1.54) is 6.33 Å². The Morgan fingerprint density at radius 2 is 2.25 bits per heavy atom. The molecule has 0 aliphatic heterocycles. The summed E-state index contributed by atoms with van der Waals surface area (Å²) >= 11 is 0. The summed E-state index contributed by atoms with van der Waals surface area (Å²) in [5.41, 5.74) is 7.44. The first-order valence-electron chi connectivity index (χ1n) is 6.66. The monoisotopic (exact) mass is 276 g/mol. The van der Waals surface area contributed by atoms with Crippen molar-refractivity contribution in [1.82, 2.24) is 19.7 Å². The Balaban J connectivity index is 1.92. The van der Waals surface area contributed by atoms with Crippen LogP contribution >= 0.6 is 0 Å². The quantitative estimate of drug-likeness (QED) is 0.790. The number of hydrogen-bond acceptors (Lipinski definition) is 6. The van der Waals surface area contributed by atoms with Gasteiger partial charge in [0.05, 0.1) is 12.3 Å². The van der Waals surface area contributed by atoms with Crippen LogP contribution in [0.4, 0.5) is 11.5 Å². The van der Waals surface area contributed by atoms with Crippen LogP contribution in [-0.4, -0.2) is 32.9 Å². The average molecular weight is 276 g/mol. The normalized spacial score (nSPS) is 10.5. The Kier molecular flexibility index (Phi) is 4.75. The number of aromatic nitrogens is 4. The number of nitrogen functional groups attached to an aromatic ring is 1. The van der Waals surface area contributed by atoms with Gasteiger partial charge in [-0.2, -0.15) is 10.1 Å². The van der Waals surface area contributed by atoms with Crippen molar-refractivity contribution < 1.29 is 4.74 Å². The lowest BCUT2D eigenvalue weighted by Crippen LogP contribution is -2.11. The van der Waals surface area contributed by atoms with Crippen molar-refractivity contribution in [3.8, 4) is 5.88 Å². The molecule has 108 valence electrons. The van der Waals surface area contributed by atoms with E-state index in [9.17, 15) is 0 Å². The fourth-order valence-corrected chi connectivity index (χ4v) is 1.74. The van der Waals surface area contributed by atoms with Gasteiger partial charge in [-0.1, -0.05) is 6.92 Å². The second kappa shape index (κ2) is 6.74. The van der Waals surface area contributed by atoms with E-state index >= 15 is 0 Å². The molecule has 0 radical (unpaired) electrons. The highest BCUT2D eigenvalue weighted by Crippen LogP contribution is 2.24. The van der Waals surface area contributed by atoms with E-state index in [0.717, 1.165) is 18.5 Å². The number of rotatable bonds is 7. The maximum absolute atomic E-state index is 5.98. The number of anilines is 2. The summed E-state index contributed by atoms with van der Waals surface area (Å²) in [6.07, 6.45) is 5.08. The number of nitrogens with two attached hydrogens (primary N) is 1. The zero-order valence-corrected chi connectivity index (χ0v) is 11.8. The number of nitrogens with one attached hydrogen (secondary N) is 1. The van der Waals surface area contributed by atoms with Crippen molar-refractivity contribution in [3.63, 3.8) is 0 Å². The number of aryl methyl sites for hydroxylation is 1. The zero-order valence-electron chi connectivity index (χ0n) is 11.8. The molecule has 0 aliphatic carbocycles. The third-order valence-electron chi connectivity index (χ3n) is 2.73. The fourth-order valence-electron chi connectivity index (χ4n) is 1.74. The molecule has 0 atom stereocenters. The Bertz CT molecular complexity index is 554. The minimum atomic E-state index is 0.433. The van der Waals surface area contributed by atoms with Crippen LogP contribution in [0.5, 0.6) is 5.88 Å². The SMILES string of the molecule is CCCOc1ncnc(NCCc2ccn(C)n2)c1N. The second-order valence-corrected chi connectivity index (χ2v) is 4.45. The lowest BCUT2D eigenvalue weighted by atomic mass is 10.3. The van der Waals surface area contributed by atoms with Gasteiger partial charge in [0.15, 0.2) is 5.82 Å². The topological polar surface area (TPSA) is 90.9 Å². The molecule has 7 heteroatoms. The molecule has 0 saturated carbocycles. The van der Waals surface area contributed by atoms with Gasteiger partial charge >= 0.3 is 0 Å². The van der Waals surface area contributed by atoms with Crippen LogP contribution in [0.15, 0.2) is 18.6 Å². The Morgan fingerprint density at radius 1 is 1.40 bits per heavy atom. The van der Waals surface area contributed by atoms with Gasteiger partial charge in [0.25, 0.3) is 0 Å². The third-order valence-corrected chi connectivity index (χ3v) is 2.73. The maximum atomic E-state index is 5.98. The van der Waals surface area contributed by atoms with Gasteiger partial charge in [0.2, 0.25) is 5.88 Å². The minimum absolute atomic E-state index is 0.433. The van der Waals surface area contributed by atoms with E-state index in [0.29, 0.717) is 30.5 Å². The molecular formula is C13H20N6O. The third kappa shape index (κ3) is 3.59. The standard InChI is InChI=1S/C13H20N6O/c1-3-8-20-13-11(14)12(16-9-17-13)15-6-4-10-5-7-19(2)18-10/h5,7,9H,3-4,6,8,14H2,1-2H3,(H,15,16,17). The van der Waals surface area contributed by atoms with Crippen LogP contribution in [0.3, 0.4) is 0 Å². The maximum Gasteiger partial charge on any atom is 0.242 e. The summed E-state index contributed by atoms with van der Waals surface area (Å²) in [6, 6.07) is 1.99. The summed E-state index contributed by atoms with van der Waals surface area (Å²) in [4.78, 5) is 8.16. The molecular weight excluding hydrogens is 256 g/mol. The van der Waals surface area contributed by atoms with E-state index in [1.807, 2.05) is 26.2 Å². The van der Waals surface area contributed by atoms with Crippen LogP contribution in [0.2, 0.25) is 0 Å². The zero-order chi connectivity index (χ0) is 14.4. The molecule has 0 spiro atoms. The molecule has 7 nitrogen and oxygen atoms in total. The average Bonchev–Trinajstić information content (AvgIpc) is 2.85. The van der Waals surface area contributed by atoms with Crippen LogP contribution < -0.4 is 15.8 Å². The number of hydrogen-bond donors (Lipinski definition) is 2. The highest BCUT2D eigenvalue weighted by Gasteiger charge is 2.08. The number of ether oxygens (including phenoxy) is 1. The Hall–Kier alpha value is -2.31. The molecule has 2 heterocycles. The minimum Gasteiger partial charge on any atom is -0.476 e. The molecule has 3 N–H and O–H groups in total. The van der Waals surface area contributed by atoms with Crippen LogP contribution in [0.25, 0.3) is 0 Å². The van der Waals surface area contributed by atoms with Crippen LogP contribution in [0, 0.1) is 0 Å². The molecule has 2 rings (SSSR count). The highest BCUT2D eigenvalue weighted by atomic mass is 16.5. The molecule has 2 aromatic rings. The predicted molar refractivity (Wildman–Crippen MR) is 77.6 cm³/mol.